The summed E-state index contributed by atoms with van der Waals surface area (Å²) in [5, 5.41) is 12.1. The van der Waals surface area contributed by atoms with E-state index >= 15 is 0 Å². The largest absolute Gasteiger partial charge is 0.481 e. The highest BCUT2D eigenvalue weighted by atomic mass is 16.4. The maximum atomic E-state index is 12.0. The number of urea groups is 1. The Bertz CT molecular complexity index is 374. The highest BCUT2D eigenvalue weighted by Gasteiger charge is 2.38. The molecule has 1 heterocycles. The highest BCUT2D eigenvalue weighted by molar-refractivity contribution is 5.76. The van der Waals surface area contributed by atoms with Gasteiger partial charge in [-0.1, -0.05) is 0 Å². The summed E-state index contributed by atoms with van der Waals surface area (Å²) in [6.45, 7) is 4.32. The number of nitrogens with zero attached hydrogens (tertiary/aromatic N) is 2. The number of likely N-dealkylation sites (N-methyl/N-ethyl adjacent to an activating group) is 1. The molecule has 114 valence electrons. The van der Waals surface area contributed by atoms with Crippen LogP contribution in [0, 0.1) is 5.41 Å². The number of carboxylic acid groups (broad SMARTS) is 1. The summed E-state index contributed by atoms with van der Waals surface area (Å²) in [5.74, 6) is -0.761. The normalized spacial score (nSPS) is 21.9. The monoisotopic (exact) mass is 283 g/mol. The molecule has 20 heavy (non-hydrogen) atoms. The number of hydrogen-bond donors (Lipinski definition) is 2. The van der Waals surface area contributed by atoms with E-state index in [1.807, 2.05) is 0 Å². The Balaban J connectivity index is 1.67. The predicted molar refractivity (Wildman–Crippen MR) is 75.6 cm³/mol. The van der Waals surface area contributed by atoms with Gasteiger partial charge < -0.3 is 20.2 Å². The van der Waals surface area contributed by atoms with Crippen LogP contribution in [0.15, 0.2) is 0 Å². The number of carbonyl (C=O) groups is 2. The fourth-order valence-electron chi connectivity index (χ4n) is 2.57. The van der Waals surface area contributed by atoms with Gasteiger partial charge in [-0.05, 0) is 39.7 Å². The molecule has 2 aliphatic rings. The van der Waals surface area contributed by atoms with E-state index in [2.05, 4.69) is 17.3 Å². The number of nitrogens with one attached hydrogen (secondary N) is 1. The number of rotatable bonds is 5. The summed E-state index contributed by atoms with van der Waals surface area (Å²) in [6.07, 6.45) is 3.59. The minimum absolute atomic E-state index is 0.0679. The Morgan fingerprint density at radius 1 is 1.35 bits per heavy atom. The fourth-order valence-corrected chi connectivity index (χ4v) is 2.57. The second kappa shape index (κ2) is 5.99. The van der Waals surface area contributed by atoms with E-state index in [1.54, 1.807) is 11.8 Å². The summed E-state index contributed by atoms with van der Waals surface area (Å²) in [5.41, 5.74) is -0.678. The summed E-state index contributed by atoms with van der Waals surface area (Å²) in [4.78, 5) is 27.1. The lowest BCUT2D eigenvalue weighted by atomic mass is 9.80. The van der Waals surface area contributed by atoms with Crippen molar-refractivity contribution >= 4 is 12.0 Å². The third-order valence-corrected chi connectivity index (χ3v) is 4.58. The van der Waals surface area contributed by atoms with Crippen LogP contribution in [0.3, 0.4) is 0 Å². The molecule has 1 saturated heterocycles. The molecule has 1 saturated carbocycles. The van der Waals surface area contributed by atoms with E-state index in [4.69, 9.17) is 5.11 Å². The third kappa shape index (κ3) is 3.62. The first-order valence-corrected chi connectivity index (χ1v) is 7.39. The number of carbonyl (C=O) groups excluding carboxylic acids is 1. The molecule has 0 bridgehead atoms. The Morgan fingerprint density at radius 2 is 1.95 bits per heavy atom. The average molecular weight is 283 g/mol. The third-order valence-electron chi connectivity index (χ3n) is 4.58. The van der Waals surface area contributed by atoms with Crippen LogP contribution in [-0.2, 0) is 4.79 Å². The van der Waals surface area contributed by atoms with Crippen molar-refractivity contribution in [1.82, 2.24) is 15.1 Å². The summed E-state index contributed by atoms with van der Waals surface area (Å²) in [6, 6.07) is 0.639. The van der Waals surface area contributed by atoms with Crippen LogP contribution in [0.25, 0.3) is 0 Å². The van der Waals surface area contributed by atoms with Crippen LogP contribution in [0.1, 0.15) is 32.6 Å². The van der Waals surface area contributed by atoms with Gasteiger partial charge >= 0.3 is 12.0 Å². The van der Waals surface area contributed by atoms with Gasteiger partial charge in [0.2, 0.25) is 0 Å². The number of amides is 2. The predicted octanol–water partition coefficient (Wildman–Crippen LogP) is 0.977. The highest BCUT2D eigenvalue weighted by Crippen LogP contribution is 2.31. The average Bonchev–Trinajstić information content (AvgIpc) is 3.23. The van der Waals surface area contributed by atoms with E-state index in [0.717, 1.165) is 6.54 Å². The Morgan fingerprint density at radius 3 is 2.45 bits per heavy atom. The van der Waals surface area contributed by atoms with Crippen molar-refractivity contribution in [3.8, 4) is 0 Å². The molecule has 2 amide bonds. The van der Waals surface area contributed by atoms with E-state index < -0.39 is 11.4 Å². The van der Waals surface area contributed by atoms with Crippen molar-refractivity contribution in [2.45, 2.75) is 38.6 Å². The van der Waals surface area contributed by atoms with Crippen LogP contribution in [0.2, 0.25) is 0 Å². The van der Waals surface area contributed by atoms with Crippen LogP contribution in [0.4, 0.5) is 4.79 Å². The molecule has 0 spiro atoms. The van der Waals surface area contributed by atoms with Gasteiger partial charge in [0.05, 0.1) is 5.41 Å². The molecule has 0 radical (unpaired) electrons. The SMILES string of the molecule is CN(CCNC(=O)N1CCC(C)(C(=O)O)CC1)C1CC1. The van der Waals surface area contributed by atoms with Crippen molar-refractivity contribution < 1.29 is 14.7 Å². The van der Waals surface area contributed by atoms with E-state index in [-0.39, 0.29) is 6.03 Å². The van der Waals surface area contributed by atoms with Crippen LogP contribution in [0.5, 0.6) is 0 Å². The first kappa shape index (κ1) is 15.1. The molecular weight excluding hydrogens is 258 g/mol. The van der Waals surface area contributed by atoms with Crippen LogP contribution in [-0.4, -0.2) is 66.2 Å². The molecule has 2 N–H and O–H groups in total. The lowest BCUT2D eigenvalue weighted by Crippen LogP contribution is -2.49. The van der Waals surface area contributed by atoms with E-state index in [1.165, 1.54) is 12.8 Å². The van der Waals surface area contributed by atoms with Gasteiger partial charge in [0.1, 0.15) is 0 Å². The zero-order valence-corrected chi connectivity index (χ0v) is 12.4. The maximum absolute atomic E-state index is 12.0. The van der Waals surface area contributed by atoms with Crippen molar-refractivity contribution in [3.63, 3.8) is 0 Å². The quantitative estimate of drug-likeness (QED) is 0.789. The van der Waals surface area contributed by atoms with Crippen molar-refractivity contribution in [3.05, 3.63) is 0 Å². The van der Waals surface area contributed by atoms with Crippen LogP contribution >= 0.6 is 0 Å². The number of aliphatic carboxylic acids is 1. The maximum Gasteiger partial charge on any atom is 0.317 e. The number of piperidine rings is 1. The molecule has 6 nitrogen and oxygen atoms in total. The molecule has 0 aromatic heterocycles. The molecule has 0 unspecified atom stereocenters. The van der Waals surface area contributed by atoms with Gasteiger partial charge in [-0.3, -0.25) is 4.79 Å². The second-order valence-electron chi connectivity index (χ2n) is 6.30. The minimum Gasteiger partial charge on any atom is -0.481 e. The Labute approximate surface area is 120 Å². The smallest absolute Gasteiger partial charge is 0.317 e. The van der Waals surface area contributed by atoms with Gasteiger partial charge in [-0.15, -0.1) is 0 Å². The Hall–Kier alpha value is -1.30. The minimum atomic E-state index is -0.761. The summed E-state index contributed by atoms with van der Waals surface area (Å²) < 4.78 is 0. The standard InChI is InChI=1S/C14H25N3O3/c1-14(12(18)19)5-8-17(9-6-14)13(20)15-7-10-16(2)11-3-4-11/h11H,3-10H2,1-2H3,(H,15,20)(H,18,19). The number of carboxylic acids is 1. The van der Waals surface area contributed by atoms with E-state index in [0.29, 0.717) is 38.5 Å². The molecular formula is C14H25N3O3. The number of hydrogen-bond acceptors (Lipinski definition) is 3. The molecule has 0 aromatic rings. The van der Waals surface area contributed by atoms with Crippen molar-refractivity contribution in [1.29, 1.82) is 0 Å². The first-order chi connectivity index (χ1) is 9.42. The lowest BCUT2D eigenvalue weighted by Gasteiger charge is -2.36. The zero-order valence-electron chi connectivity index (χ0n) is 12.4. The van der Waals surface area contributed by atoms with Crippen molar-refractivity contribution in [2.24, 2.45) is 5.41 Å². The fraction of sp³-hybridized carbons (Fsp3) is 0.857. The summed E-state index contributed by atoms with van der Waals surface area (Å²) in [7, 11) is 2.09. The Kier molecular flexibility index (Phi) is 4.52. The van der Waals surface area contributed by atoms with Crippen LogP contribution < -0.4 is 5.32 Å². The molecule has 0 aromatic carbocycles. The topological polar surface area (TPSA) is 72.9 Å². The second-order valence-corrected chi connectivity index (χ2v) is 6.30. The zero-order chi connectivity index (χ0) is 14.8. The molecule has 1 aliphatic heterocycles. The molecule has 2 fully saturated rings. The molecule has 0 atom stereocenters. The van der Waals surface area contributed by atoms with Gasteiger partial charge in [0, 0.05) is 32.2 Å². The van der Waals surface area contributed by atoms with Gasteiger partial charge in [-0.2, -0.15) is 0 Å². The lowest BCUT2D eigenvalue weighted by molar-refractivity contribution is -0.150. The van der Waals surface area contributed by atoms with Gasteiger partial charge in [-0.25, -0.2) is 4.79 Å². The van der Waals surface area contributed by atoms with Gasteiger partial charge in [0.15, 0.2) is 0 Å². The summed E-state index contributed by atoms with van der Waals surface area (Å²) >= 11 is 0. The molecule has 1 aliphatic carbocycles. The first-order valence-electron chi connectivity index (χ1n) is 7.39. The van der Waals surface area contributed by atoms with Crippen molar-refractivity contribution in [2.75, 3.05) is 33.2 Å². The van der Waals surface area contributed by atoms with Gasteiger partial charge in [0.25, 0.3) is 0 Å². The molecule has 6 heteroatoms. The van der Waals surface area contributed by atoms with E-state index in [9.17, 15) is 9.59 Å². The molecule has 2 rings (SSSR count). The number of likely N-dealkylation sites (tertiary alicyclic amines) is 1.